The molecule has 214 valence electrons. The Morgan fingerprint density at radius 3 is 2.48 bits per heavy atom. The summed E-state index contributed by atoms with van der Waals surface area (Å²) in [6.45, 7) is 3.96. The highest BCUT2D eigenvalue weighted by molar-refractivity contribution is 7.98. The zero-order chi connectivity index (χ0) is 29.1. The van der Waals surface area contributed by atoms with Crippen molar-refractivity contribution in [3.05, 3.63) is 75.1 Å². The molecule has 0 aliphatic carbocycles. The molecule has 2 aromatic carbocycles. The minimum absolute atomic E-state index is 0.0953. The number of carbonyl (C=O) groups is 3. The quantitative estimate of drug-likeness (QED) is 0.184. The van der Waals surface area contributed by atoms with Crippen molar-refractivity contribution >= 4 is 40.5 Å². The van der Waals surface area contributed by atoms with E-state index in [4.69, 9.17) is 14.3 Å². The van der Waals surface area contributed by atoms with Crippen molar-refractivity contribution in [3.8, 4) is 5.75 Å². The van der Waals surface area contributed by atoms with Crippen LogP contribution in [0.1, 0.15) is 47.9 Å². The number of carbonyl (C=O) groups excluding carboxylic acids is 2. The third-order valence-corrected chi connectivity index (χ3v) is 7.73. The van der Waals surface area contributed by atoms with Crippen LogP contribution >= 0.6 is 11.8 Å². The van der Waals surface area contributed by atoms with Crippen molar-refractivity contribution in [1.82, 2.24) is 10.6 Å². The van der Waals surface area contributed by atoms with E-state index in [-0.39, 0.29) is 24.3 Å². The Balaban J connectivity index is 1.68. The average molecular weight is 569 g/mol. The molecule has 40 heavy (non-hydrogen) atoms. The number of hydrogen-bond donors (Lipinski definition) is 3. The highest BCUT2D eigenvalue weighted by Crippen LogP contribution is 2.29. The van der Waals surface area contributed by atoms with Crippen LogP contribution in [0.15, 0.2) is 51.7 Å². The molecular formula is C30H36N2O7S. The number of rotatable bonds is 15. The summed E-state index contributed by atoms with van der Waals surface area (Å²) in [6, 6.07) is 12.6. The van der Waals surface area contributed by atoms with Gasteiger partial charge < -0.3 is 24.9 Å². The van der Waals surface area contributed by atoms with Gasteiger partial charge in [-0.2, -0.15) is 11.8 Å². The molecule has 1 heterocycles. The maximum absolute atomic E-state index is 13.1. The van der Waals surface area contributed by atoms with Crippen LogP contribution in [0.25, 0.3) is 11.0 Å². The highest BCUT2D eigenvalue weighted by atomic mass is 32.2. The molecule has 0 bridgehead atoms. The summed E-state index contributed by atoms with van der Waals surface area (Å²) in [5.74, 6) is -0.00196. The van der Waals surface area contributed by atoms with Crippen molar-refractivity contribution in [3.63, 3.8) is 0 Å². The number of thioether (sulfide) groups is 1. The monoisotopic (exact) mass is 568 g/mol. The first-order valence-electron chi connectivity index (χ1n) is 13.2. The van der Waals surface area contributed by atoms with Crippen LogP contribution in [0.4, 0.5) is 0 Å². The fraction of sp³-hybridized carbons (Fsp3) is 0.400. The Hall–Kier alpha value is -3.79. The summed E-state index contributed by atoms with van der Waals surface area (Å²) in [5, 5.41) is 15.1. The molecule has 3 aromatic rings. The van der Waals surface area contributed by atoms with Gasteiger partial charge in [0, 0.05) is 35.4 Å². The molecule has 0 saturated heterocycles. The minimum atomic E-state index is -0.840. The van der Waals surface area contributed by atoms with Crippen LogP contribution in [0.3, 0.4) is 0 Å². The minimum Gasteiger partial charge on any atom is -0.496 e. The van der Waals surface area contributed by atoms with E-state index in [2.05, 4.69) is 10.6 Å². The first-order valence-corrected chi connectivity index (χ1v) is 14.4. The average Bonchev–Trinajstić information content (AvgIpc) is 2.93. The van der Waals surface area contributed by atoms with Gasteiger partial charge in [0.05, 0.1) is 19.1 Å². The van der Waals surface area contributed by atoms with Crippen LogP contribution in [0.5, 0.6) is 5.75 Å². The molecule has 0 spiro atoms. The highest BCUT2D eigenvalue weighted by Gasteiger charge is 2.23. The van der Waals surface area contributed by atoms with Gasteiger partial charge in [0.25, 0.3) is 0 Å². The zero-order valence-electron chi connectivity index (χ0n) is 23.1. The van der Waals surface area contributed by atoms with E-state index in [9.17, 15) is 19.2 Å². The second-order valence-corrected chi connectivity index (χ2v) is 10.6. The zero-order valence-corrected chi connectivity index (χ0v) is 23.9. The SMILES string of the molecule is COc1ccc2c(C)c(CC(=O)N[C@@H](CSCc3ccccc3)C(=O)NCCCCCC(=O)O)c(=O)oc2c1C. The Kier molecular flexibility index (Phi) is 11.6. The number of hydrogen-bond acceptors (Lipinski definition) is 7. The second kappa shape index (κ2) is 15.1. The molecule has 0 saturated carbocycles. The normalized spacial score (nSPS) is 11.7. The third kappa shape index (κ3) is 8.61. The maximum atomic E-state index is 13.1. The van der Waals surface area contributed by atoms with Gasteiger partial charge in [-0.3, -0.25) is 14.4 Å². The molecule has 3 rings (SSSR count). The lowest BCUT2D eigenvalue weighted by Crippen LogP contribution is -2.49. The molecule has 0 radical (unpaired) electrons. The molecule has 0 fully saturated rings. The number of amides is 2. The number of ether oxygens (including phenoxy) is 1. The fourth-order valence-corrected chi connectivity index (χ4v) is 5.38. The van der Waals surface area contributed by atoms with Crippen molar-refractivity contribution in [2.24, 2.45) is 0 Å². The van der Waals surface area contributed by atoms with Crippen LogP contribution in [0, 0.1) is 13.8 Å². The number of unbranched alkanes of at least 4 members (excludes halogenated alkanes) is 2. The summed E-state index contributed by atoms with van der Waals surface area (Å²) >= 11 is 1.52. The van der Waals surface area contributed by atoms with E-state index in [0.29, 0.717) is 59.8 Å². The van der Waals surface area contributed by atoms with E-state index in [1.807, 2.05) is 30.3 Å². The summed E-state index contributed by atoms with van der Waals surface area (Å²) in [4.78, 5) is 49.6. The van der Waals surface area contributed by atoms with Gasteiger partial charge >= 0.3 is 11.6 Å². The summed E-state index contributed by atoms with van der Waals surface area (Å²) in [6.07, 6.45) is 1.72. The Morgan fingerprint density at radius 2 is 1.77 bits per heavy atom. The van der Waals surface area contributed by atoms with Crippen molar-refractivity contribution < 1.29 is 28.6 Å². The molecule has 9 nitrogen and oxygen atoms in total. The van der Waals surface area contributed by atoms with Gasteiger partial charge in [-0.05, 0) is 49.9 Å². The van der Waals surface area contributed by atoms with Gasteiger partial charge in [-0.25, -0.2) is 4.79 Å². The van der Waals surface area contributed by atoms with E-state index < -0.39 is 23.5 Å². The lowest BCUT2D eigenvalue weighted by atomic mass is 10.0. The van der Waals surface area contributed by atoms with Crippen LogP contribution in [-0.2, 0) is 26.6 Å². The molecule has 1 atom stereocenters. The largest absolute Gasteiger partial charge is 0.496 e. The van der Waals surface area contributed by atoms with Crippen LogP contribution in [-0.4, -0.2) is 48.3 Å². The van der Waals surface area contributed by atoms with Crippen molar-refractivity contribution in [2.45, 2.75) is 57.7 Å². The number of methoxy groups -OCH3 is 1. The third-order valence-electron chi connectivity index (χ3n) is 6.63. The molecule has 3 N–H and O–H groups in total. The summed E-state index contributed by atoms with van der Waals surface area (Å²) in [7, 11) is 1.54. The van der Waals surface area contributed by atoms with Gasteiger partial charge in [0.15, 0.2) is 0 Å². The number of carboxylic acids is 1. The number of aliphatic carboxylic acids is 1. The predicted octanol–water partition coefficient (Wildman–Crippen LogP) is 4.14. The van der Waals surface area contributed by atoms with Crippen molar-refractivity contribution in [2.75, 3.05) is 19.4 Å². The Bertz CT molecular complexity index is 1390. The van der Waals surface area contributed by atoms with E-state index in [0.717, 1.165) is 10.9 Å². The predicted molar refractivity (Wildman–Crippen MR) is 156 cm³/mol. The van der Waals surface area contributed by atoms with Crippen LogP contribution < -0.4 is 21.0 Å². The van der Waals surface area contributed by atoms with Crippen LogP contribution in [0.2, 0.25) is 0 Å². The number of nitrogens with one attached hydrogen (secondary N) is 2. The Labute approximate surface area is 237 Å². The standard InChI is InChI=1S/C30H36N2O7S/c1-19-22-13-14-25(38-3)20(2)28(22)39-30(37)23(19)16-26(33)32-24(18-40-17-21-10-6-4-7-11-21)29(36)31-15-9-5-8-12-27(34)35/h4,6-7,10-11,13-14,24H,5,8-9,12,15-18H2,1-3H3,(H,31,36)(H,32,33)(H,34,35)/t24-/m0/s1. The lowest BCUT2D eigenvalue weighted by Gasteiger charge is -2.19. The molecular weight excluding hydrogens is 532 g/mol. The van der Waals surface area contributed by atoms with E-state index in [1.54, 1.807) is 33.1 Å². The Morgan fingerprint density at radius 1 is 1.02 bits per heavy atom. The smallest absolute Gasteiger partial charge is 0.340 e. The molecule has 0 aliphatic rings. The van der Waals surface area contributed by atoms with Gasteiger partial charge in [0.2, 0.25) is 11.8 Å². The molecule has 0 aliphatic heterocycles. The van der Waals surface area contributed by atoms with E-state index >= 15 is 0 Å². The summed E-state index contributed by atoms with van der Waals surface area (Å²) < 4.78 is 10.9. The number of fused-ring (bicyclic) bond motifs is 1. The molecule has 2 amide bonds. The molecule has 0 unspecified atom stereocenters. The summed E-state index contributed by atoms with van der Waals surface area (Å²) in [5.41, 5.74) is 2.51. The van der Waals surface area contributed by atoms with Gasteiger partial charge in [-0.15, -0.1) is 0 Å². The van der Waals surface area contributed by atoms with Gasteiger partial charge in [-0.1, -0.05) is 36.8 Å². The maximum Gasteiger partial charge on any atom is 0.340 e. The fourth-order valence-electron chi connectivity index (χ4n) is 4.37. The molecule has 10 heteroatoms. The van der Waals surface area contributed by atoms with Gasteiger partial charge in [0.1, 0.15) is 17.4 Å². The van der Waals surface area contributed by atoms with Crippen molar-refractivity contribution in [1.29, 1.82) is 0 Å². The topological polar surface area (TPSA) is 135 Å². The number of carboxylic acid groups (broad SMARTS) is 1. The molecule has 1 aromatic heterocycles. The second-order valence-electron chi connectivity index (χ2n) is 9.56. The number of aryl methyl sites for hydroxylation is 2. The lowest BCUT2D eigenvalue weighted by molar-refractivity contribution is -0.137. The first kappa shape index (κ1) is 30.7. The van der Waals surface area contributed by atoms with E-state index in [1.165, 1.54) is 11.8 Å². The first-order chi connectivity index (χ1) is 19.2. The number of benzene rings is 2.